The number of nitrogen functional groups attached to an aromatic ring is 1. The number of benzene rings is 1. The lowest BCUT2D eigenvalue weighted by atomic mass is 10.0. The first-order valence-electron chi connectivity index (χ1n) is 5.07. The summed E-state index contributed by atoms with van der Waals surface area (Å²) in [6, 6.07) is 6.22. The summed E-state index contributed by atoms with van der Waals surface area (Å²) in [5.41, 5.74) is 5.99. The maximum atomic E-state index is 5.41. The molecule has 80 valence electrons. The minimum absolute atomic E-state index is 0.467. The maximum absolute atomic E-state index is 5.41. The first-order valence-corrected chi connectivity index (χ1v) is 5.07. The zero-order valence-corrected chi connectivity index (χ0v) is 9.28. The van der Waals surface area contributed by atoms with Gasteiger partial charge in [0.05, 0.1) is 11.0 Å². The first-order chi connectivity index (χ1) is 7.15. The fraction of sp³-hybridized carbons (Fsp3) is 0.364. The Morgan fingerprint density at radius 3 is 2.73 bits per heavy atom. The summed E-state index contributed by atoms with van der Waals surface area (Å²) in [4.78, 5) is 4.48. The highest BCUT2D eigenvalue weighted by molar-refractivity contribution is 5.82. The number of nitrogens with zero attached hydrogens (tertiary/aromatic N) is 2. The number of fused-ring (bicyclic) bond motifs is 1. The van der Waals surface area contributed by atoms with Gasteiger partial charge in [0.1, 0.15) is 0 Å². The molecule has 4 nitrogen and oxygen atoms in total. The van der Waals surface area contributed by atoms with Gasteiger partial charge in [-0.15, -0.1) is 0 Å². The van der Waals surface area contributed by atoms with E-state index in [2.05, 4.69) is 42.5 Å². The number of anilines is 1. The van der Waals surface area contributed by atoms with Gasteiger partial charge in [0.2, 0.25) is 5.95 Å². The molecule has 0 saturated heterocycles. The normalized spacial score (nSPS) is 11.3. The van der Waals surface area contributed by atoms with Crippen molar-refractivity contribution in [1.82, 2.24) is 9.55 Å². The highest BCUT2D eigenvalue weighted by Gasteiger charge is 2.11. The van der Waals surface area contributed by atoms with Gasteiger partial charge in [0, 0.05) is 7.05 Å². The molecule has 4 heteroatoms. The van der Waals surface area contributed by atoms with Crippen LogP contribution in [-0.2, 0) is 7.05 Å². The van der Waals surface area contributed by atoms with Gasteiger partial charge in [-0.3, -0.25) is 5.43 Å². The van der Waals surface area contributed by atoms with E-state index in [1.54, 1.807) is 0 Å². The summed E-state index contributed by atoms with van der Waals surface area (Å²) >= 11 is 0. The van der Waals surface area contributed by atoms with Crippen LogP contribution in [0.1, 0.15) is 25.3 Å². The fourth-order valence-electron chi connectivity index (χ4n) is 1.83. The Hall–Kier alpha value is -1.55. The molecule has 0 spiro atoms. The SMILES string of the molecule is CC(C)c1cccc2c1nc(NN)n2C. The molecule has 0 atom stereocenters. The number of nitrogens with two attached hydrogens (primary N) is 1. The molecule has 1 heterocycles. The molecule has 0 amide bonds. The third-order valence-corrected chi connectivity index (χ3v) is 2.69. The number of hydrogen-bond acceptors (Lipinski definition) is 3. The van der Waals surface area contributed by atoms with Crippen LogP contribution < -0.4 is 11.3 Å². The average Bonchev–Trinajstić information content (AvgIpc) is 2.55. The van der Waals surface area contributed by atoms with E-state index in [1.165, 1.54) is 5.56 Å². The zero-order chi connectivity index (χ0) is 11.0. The molecule has 0 fully saturated rings. The van der Waals surface area contributed by atoms with Crippen LogP contribution in [0.3, 0.4) is 0 Å². The summed E-state index contributed by atoms with van der Waals surface area (Å²) < 4.78 is 1.96. The van der Waals surface area contributed by atoms with Gasteiger partial charge < -0.3 is 4.57 Å². The molecule has 3 N–H and O–H groups in total. The summed E-state index contributed by atoms with van der Waals surface area (Å²) in [6.45, 7) is 4.33. The van der Waals surface area contributed by atoms with Crippen LogP contribution in [0.2, 0.25) is 0 Å². The highest BCUT2D eigenvalue weighted by Crippen LogP contribution is 2.26. The molecule has 1 aromatic carbocycles. The highest BCUT2D eigenvalue weighted by atomic mass is 15.3. The topological polar surface area (TPSA) is 55.9 Å². The molecule has 2 aromatic rings. The van der Waals surface area contributed by atoms with Crippen LogP contribution in [0.15, 0.2) is 18.2 Å². The second kappa shape index (κ2) is 3.55. The van der Waals surface area contributed by atoms with Crippen LogP contribution in [0.5, 0.6) is 0 Å². The van der Waals surface area contributed by atoms with Gasteiger partial charge in [-0.1, -0.05) is 26.0 Å². The smallest absolute Gasteiger partial charge is 0.218 e. The third kappa shape index (κ3) is 1.47. The van der Waals surface area contributed by atoms with E-state index >= 15 is 0 Å². The number of hydrogen-bond donors (Lipinski definition) is 2. The Labute approximate surface area is 89.1 Å². The Kier molecular flexibility index (Phi) is 2.36. The summed E-state index contributed by atoms with van der Waals surface area (Å²) in [6.07, 6.45) is 0. The maximum Gasteiger partial charge on any atom is 0.218 e. The number of imidazole rings is 1. The van der Waals surface area contributed by atoms with E-state index in [-0.39, 0.29) is 0 Å². The molecule has 0 aliphatic rings. The van der Waals surface area contributed by atoms with Crippen molar-refractivity contribution in [1.29, 1.82) is 0 Å². The van der Waals surface area contributed by atoms with Crippen molar-refractivity contribution >= 4 is 17.0 Å². The van der Waals surface area contributed by atoms with Crippen molar-refractivity contribution < 1.29 is 0 Å². The van der Waals surface area contributed by atoms with E-state index in [1.807, 2.05) is 11.6 Å². The van der Waals surface area contributed by atoms with Crippen molar-refractivity contribution in [3.63, 3.8) is 0 Å². The molecule has 2 rings (SSSR count). The Bertz CT molecular complexity index is 485. The number of rotatable bonds is 2. The lowest BCUT2D eigenvalue weighted by molar-refractivity contribution is 0.873. The minimum atomic E-state index is 0.467. The average molecular weight is 204 g/mol. The van der Waals surface area contributed by atoms with Gasteiger partial charge in [0.25, 0.3) is 0 Å². The van der Waals surface area contributed by atoms with Crippen molar-refractivity contribution in [3.8, 4) is 0 Å². The molecule has 0 aliphatic heterocycles. The monoisotopic (exact) mass is 204 g/mol. The standard InChI is InChI=1S/C11H16N4/c1-7(2)8-5-4-6-9-10(8)13-11(14-12)15(9)3/h4-7H,12H2,1-3H3,(H,13,14). The van der Waals surface area contributed by atoms with Gasteiger partial charge in [0.15, 0.2) is 0 Å². The van der Waals surface area contributed by atoms with E-state index in [9.17, 15) is 0 Å². The first kappa shape index (κ1) is 9.98. The lowest BCUT2D eigenvalue weighted by Crippen LogP contribution is -2.11. The number of para-hydroxylation sites is 1. The Morgan fingerprint density at radius 2 is 2.13 bits per heavy atom. The molecular weight excluding hydrogens is 188 g/mol. The van der Waals surface area contributed by atoms with Crippen LogP contribution in [0, 0.1) is 0 Å². The predicted molar refractivity (Wildman–Crippen MR) is 62.6 cm³/mol. The third-order valence-electron chi connectivity index (χ3n) is 2.69. The summed E-state index contributed by atoms with van der Waals surface area (Å²) in [5, 5.41) is 0. The van der Waals surface area contributed by atoms with E-state index < -0.39 is 0 Å². The molecule has 0 radical (unpaired) electrons. The van der Waals surface area contributed by atoms with Crippen LogP contribution in [0.25, 0.3) is 11.0 Å². The summed E-state index contributed by atoms with van der Waals surface area (Å²) in [7, 11) is 1.95. The molecule has 15 heavy (non-hydrogen) atoms. The number of aryl methyl sites for hydroxylation is 1. The number of hydrazine groups is 1. The van der Waals surface area contributed by atoms with Gasteiger partial charge in [-0.05, 0) is 17.5 Å². The molecular formula is C11H16N4. The van der Waals surface area contributed by atoms with Gasteiger partial charge >= 0.3 is 0 Å². The summed E-state index contributed by atoms with van der Waals surface area (Å²) in [5.74, 6) is 6.57. The molecule has 0 aliphatic carbocycles. The van der Waals surface area contributed by atoms with Crippen molar-refractivity contribution in [2.45, 2.75) is 19.8 Å². The predicted octanol–water partition coefficient (Wildman–Crippen LogP) is 1.98. The van der Waals surface area contributed by atoms with E-state index in [4.69, 9.17) is 5.84 Å². The quantitative estimate of drug-likeness (QED) is 0.581. The number of nitrogens with one attached hydrogen (secondary N) is 1. The fourth-order valence-corrected chi connectivity index (χ4v) is 1.83. The molecule has 0 bridgehead atoms. The van der Waals surface area contributed by atoms with Gasteiger partial charge in [-0.25, -0.2) is 10.8 Å². The molecule has 0 saturated carbocycles. The van der Waals surface area contributed by atoms with Crippen LogP contribution in [0.4, 0.5) is 5.95 Å². The van der Waals surface area contributed by atoms with Crippen LogP contribution in [-0.4, -0.2) is 9.55 Å². The lowest BCUT2D eigenvalue weighted by Gasteiger charge is -2.05. The minimum Gasteiger partial charge on any atom is -0.312 e. The van der Waals surface area contributed by atoms with Gasteiger partial charge in [-0.2, -0.15) is 0 Å². The molecule has 0 unspecified atom stereocenters. The molecule has 1 aromatic heterocycles. The van der Waals surface area contributed by atoms with E-state index in [0.29, 0.717) is 11.9 Å². The Morgan fingerprint density at radius 1 is 1.40 bits per heavy atom. The van der Waals surface area contributed by atoms with E-state index in [0.717, 1.165) is 11.0 Å². The Balaban J connectivity index is 2.76. The second-order valence-electron chi connectivity index (χ2n) is 4.01. The van der Waals surface area contributed by atoms with Crippen molar-refractivity contribution in [3.05, 3.63) is 23.8 Å². The zero-order valence-electron chi connectivity index (χ0n) is 9.28. The number of aromatic nitrogens is 2. The van der Waals surface area contributed by atoms with Crippen molar-refractivity contribution in [2.24, 2.45) is 12.9 Å². The van der Waals surface area contributed by atoms with Crippen molar-refractivity contribution in [2.75, 3.05) is 5.43 Å². The second-order valence-corrected chi connectivity index (χ2v) is 4.01. The largest absolute Gasteiger partial charge is 0.312 e. The van der Waals surface area contributed by atoms with Crippen LogP contribution >= 0.6 is 0 Å².